The summed E-state index contributed by atoms with van der Waals surface area (Å²) in [6.45, 7) is 1.09. The van der Waals surface area contributed by atoms with Crippen LogP contribution in [0.5, 0.6) is 0 Å². The average molecular weight is 312 g/mol. The number of hydrogen-bond acceptors (Lipinski definition) is 4. The van der Waals surface area contributed by atoms with E-state index >= 15 is 0 Å². The van der Waals surface area contributed by atoms with Crippen LogP contribution in [0.1, 0.15) is 31.0 Å². The fraction of sp³-hybridized carbons (Fsp3) is 0.692. The Hall–Kier alpha value is -1.41. The highest BCUT2D eigenvalue weighted by Crippen LogP contribution is 2.32. The molecule has 116 valence electrons. The average Bonchev–Trinajstić information content (AvgIpc) is 3.08. The standard InChI is InChI=1S/C13H20N4O3S/c1-21(19,20)16-8-11-4-5-15-17(11)12(9-16)7-14-13(18)6-10-2-3-10/h4-5,10,12H,2-3,6-9H2,1H3,(H,14,18). The van der Waals surface area contributed by atoms with Gasteiger partial charge in [-0.05, 0) is 24.8 Å². The van der Waals surface area contributed by atoms with Crippen LogP contribution in [0.3, 0.4) is 0 Å². The number of sulfonamides is 1. The van der Waals surface area contributed by atoms with Crippen molar-refractivity contribution in [3.05, 3.63) is 18.0 Å². The number of nitrogens with zero attached hydrogens (tertiary/aromatic N) is 3. The number of fused-ring (bicyclic) bond motifs is 1. The van der Waals surface area contributed by atoms with E-state index in [0.717, 1.165) is 18.5 Å². The Labute approximate surface area is 124 Å². The van der Waals surface area contributed by atoms with Crippen LogP contribution in [0, 0.1) is 5.92 Å². The number of rotatable bonds is 5. The van der Waals surface area contributed by atoms with E-state index in [0.29, 0.717) is 32.0 Å². The minimum absolute atomic E-state index is 0.0442. The third-order valence-corrected chi connectivity index (χ3v) is 5.24. The van der Waals surface area contributed by atoms with Gasteiger partial charge in [0.1, 0.15) is 0 Å². The number of carbonyl (C=O) groups excluding carboxylic acids is 1. The van der Waals surface area contributed by atoms with Crippen LogP contribution in [-0.4, -0.2) is 47.8 Å². The van der Waals surface area contributed by atoms with Gasteiger partial charge in [-0.2, -0.15) is 9.40 Å². The third-order valence-electron chi connectivity index (χ3n) is 4.03. The number of hydrogen-bond donors (Lipinski definition) is 1. The molecular formula is C13H20N4O3S. The van der Waals surface area contributed by atoms with Gasteiger partial charge in [-0.25, -0.2) is 8.42 Å². The first-order valence-electron chi connectivity index (χ1n) is 7.17. The number of nitrogens with one attached hydrogen (secondary N) is 1. The minimum Gasteiger partial charge on any atom is -0.354 e. The van der Waals surface area contributed by atoms with Gasteiger partial charge in [0.05, 0.1) is 24.5 Å². The van der Waals surface area contributed by atoms with Gasteiger partial charge in [-0.15, -0.1) is 0 Å². The van der Waals surface area contributed by atoms with Gasteiger partial charge in [-0.1, -0.05) is 0 Å². The lowest BCUT2D eigenvalue weighted by Crippen LogP contribution is -2.44. The normalized spacial score (nSPS) is 22.8. The van der Waals surface area contributed by atoms with Gasteiger partial charge >= 0.3 is 0 Å². The Morgan fingerprint density at radius 1 is 1.48 bits per heavy atom. The van der Waals surface area contributed by atoms with E-state index < -0.39 is 10.0 Å². The Kier molecular flexibility index (Phi) is 3.75. The summed E-state index contributed by atoms with van der Waals surface area (Å²) >= 11 is 0. The van der Waals surface area contributed by atoms with Crippen molar-refractivity contribution in [1.29, 1.82) is 0 Å². The zero-order chi connectivity index (χ0) is 15.0. The van der Waals surface area contributed by atoms with Gasteiger partial charge in [0.2, 0.25) is 15.9 Å². The SMILES string of the molecule is CS(=O)(=O)N1Cc2ccnn2C(CNC(=O)CC2CC2)C1. The molecule has 0 saturated heterocycles. The summed E-state index contributed by atoms with van der Waals surface area (Å²) in [6, 6.07) is 1.66. The lowest BCUT2D eigenvalue weighted by Gasteiger charge is -2.32. The van der Waals surface area contributed by atoms with Crippen molar-refractivity contribution < 1.29 is 13.2 Å². The summed E-state index contributed by atoms with van der Waals surface area (Å²) in [6.07, 6.45) is 5.74. The first-order chi connectivity index (χ1) is 9.93. The second-order valence-corrected chi connectivity index (χ2v) is 7.91. The molecule has 2 aliphatic rings. The maximum absolute atomic E-state index is 11.8. The first kappa shape index (κ1) is 14.5. The molecule has 1 N–H and O–H groups in total. The minimum atomic E-state index is -3.25. The molecule has 1 fully saturated rings. The molecule has 8 heteroatoms. The maximum atomic E-state index is 11.8. The van der Waals surface area contributed by atoms with Crippen LogP contribution in [-0.2, 0) is 21.4 Å². The Bertz CT molecular complexity index is 636. The zero-order valence-electron chi connectivity index (χ0n) is 12.0. The van der Waals surface area contributed by atoms with Crippen molar-refractivity contribution in [2.45, 2.75) is 31.8 Å². The van der Waals surface area contributed by atoms with Crippen LogP contribution >= 0.6 is 0 Å². The number of amides is 1. The maximum Gasteiger partial charge on any atom is 0.220 e. The quantitative estimate of drug-likeness (QED) is 0.837. The van der Waals surface area contributed by atoms with E-state index in [-0.39, 0.29) is 11.9 Å². The summed E-state index contributed by atoms with van der Waals surface area (Å²) in [5, 5.41) is 7.15. The van der Waals surface area contributed by atoms with Gasteiger partial charge in [0.15, 0.2) is 0 Å². The largest absolute Gasteiger partial charge is 0.354 e. The fourth-order valence-corrected chi connectivity index (χ4v) is 3.45. The van der Waals surface area contributed by atoms with E-state index in [9.17, 15) is 13.2 Å². The predicted molar refractivity (Wildman–Crippen MR) is 76.9 cm³/mol. The monoisotopic (exact) mass is 312 g/mol. The van der Waals surface area contributed by atoms with Crippen molar-refractivity contribution in [2.75, 3.05) is 19.3 Å². The van der Waals surface area contributed by atoms with Crippen LogP contribution in [0.4, 0.5) is 0 Å². The first-order valence-corrected chi connectivity index (χ1v) is 9.02. The summed E-state index contributed by atoms with van der Waals surface area (Å²) in [7, 11) is -3.25. The van der Waals surface area contributed by atoms with Crippen molar-refractivity contribution in [3.8, 4) is 0 Å². The van der Waals surface area contributed by atoms with Crippen LogP contribution < -0.4 is 5.32 Å². The molecule has 1 aromatic rings. The highest BCUT2D eigenvalue weighted by atomic mass is 32.2. The fourth-order valence-electron chi connectivity index (χ4n) is 2.64. The molecule has 1 atom stereocenters. The number of carbonyl (C=O) groups is 1. The lowest BCUT2D eigenvalue weighted by atomic mass is 10.2. The van der Waals surface area contributed by atoms with E-state index in [1.165, 1.54) is 10.6 Å². The van der Waals surface area contributed by atoms with Crippen molar-refractivity contribution >= 4 is 15.9 Å². The molecule has 7 nitrogen and oxygen atoms in total. The van der Waals surface area contributed by atoms with Gasteiger partial charge in [0.25, 0.3) is 0 Å². The molecule has 1 amide bonds. The van der Waals surface area contributed by atoms with Gasteiger partial charge in [0, 0.05) is 25.7 Å². The van der Waals surface area contributed by atoms with Crippen molar-refractivity contribution in [3.63, 3.8) is 0 Å². The molecule has 1 aromatic heterocycles. The smallest absolute Gasteiger partial charge is 0.220 e. The summed E-state index contributed by atoms with van der Waals surface area (Å²) < 4.78 is 26.8. The molecule has 21 heavy (non-hydrogen) atoms. The second kappa shape index (κ2) is 5.42. The molecule has 0 aromatic carbocycles. The zero-order valence-corrected chi connectivity index (χ0v) is 12.8. The Morgan fingerprint density at radius 3 is 2.90 bits per heavy atom. The van der Waals surface area contributed by atoms with E-state index in [4.69, 9.17) is 0 Å². The molecule has 0 spiro atoms. The van der Waals surface area contributed by atoms with Crippen molar-refractivity contribution in [2.24, 2.45) is 5.92 Å². The Morgan fingerprint density at radius 2 is 2.24 bits per heavy atom. The van der Waals surface area contributed by atoms with Gasteiger partial charge in [-0.3, -0.25) is 9.48 Å². The Balaban J connectivity index is 1.67. The molecule has 1 aliphatic carbocycles. The number of aromatic nitrogens is 2. The highest BCUT2D eigenvalue weighted by molar-refractivity contribution is 7.88. The second-order valence-electron chi connectivity index (χ2n) is 5.93. The van der Waals surface area contributed by atoms with Crippen molar-refractivity contribution in [1.82, 2.24) is 19.4 Å². The lowest BCUT2D eigenvalue weighted by molar-refractivity contribution is -0.121. The summed E-state index contributed by atoms with van der Waals surface area (Å²) in [5.41, 5.74) is 0.855. The molecule has 1 saturated carbocycles. The van der Waals surface area contributed by atoms with Gasteiger partial charge < -0.3 is 5.32 Å². The van der Waals surface area contributed by atoms with Crippen LogP contribution in [0.2, 0.25) is 0 Å². The molecule has 0 bridgehead atoms. The third kappa shape index (κ3) is 3.44. The molecular weight excluding hydrogens is 292 g/mol. The van der Waals surface area contributed by atoms with Crippen LogP contribution in [0.15, 0.2) is 12.3 Å². The van der Waals surface area contributed by atoms with E-state index in [1.807, 2.05) is 10.7 Å². The van der Waals surface area contributed by atoms with Crippen LogP contribution in [0.25, 0.3) is 0 Å². The molecule has 2 heterocycles. The van der Waals surface area contributed by atoms with E-state index in [2.05, 4.69) is 10.4 Å². The molecule has 0 radical (unpaired) electrons. The molecule has 1 unspecified atom stereocenters. The highest BCUT2D eigenvalue weighted by Gasteiger charge is 2.31. The van der Waals surface area contributed by atoms with E-state index in [1.54, 1.807) is 6.20 Å². The molecule has 1 aliphatic heterocycles. The molecule has 3 rings (SSSR count). The summed E-state index contributed by atoms with van der Waals surface area (Å²) in [4.78, 5) is 11.8. The predicted octanol–water partition coefficient (Wildman–Crippen LogP) is 0.116. The topological polar surface area (TPSA) is 84.3 Å². The summed E-state index contributed by atoms with van der Waals surface area (Å²) in [5.74, 6) is 0.590.